The van der Waals surface area contributed by atoms with Crippen LogP contribution in [0, 0.1) is 0 Å². The van der Waals surface area contributed by atoms with E-state index in [1.165, 1.54) is 0 Å². The van der Waals surface area contributed by atoms with Crippen molar-refractivity contribution in [2.45, 2.75) is 19.4 Å². The van der Waals surface area contributed by atoms with Gasteiger partial charge in [0.2, 0.25) is 5.89 Å². The van der Waals surface area contributed by atoms with Gasteiger partial charge in [0.25, 0.3) is 5.91 Å². The fourth-order valence-corrected chi connectivity index (χ4v) is 3.24. The van der Waals surface area contributed by atoms with E-state index in [9.17, 15) is 4.79 Å². The summed E-state index contributed by atoms with van der Waals surface area (Å²) in [6.07, 6.45) is 1.51. The van der Waals surface area contributed by atoms with E-state index < -0.39 is 0 Å². The number of carbonyl (C=O) groups is 1. The Balaban J connectivity index is 1.51. The van der Waals surface area contributed by atoms with E-state index in [2.05, 4.69) is 4.98 Å². The van der Waals surface area contributed by atoms with Crippen molar-refractivity contribution in [1.29, 1.82) is 0 Å². The van der Waals surface area contributed by atoms with Gasteiger partial charge in [-0.15, -0.1) is 0 Å². The molecule has 4 rings (SSSR count). The number of benzene rings is 2. The van der Waals surface area contributed by atoms with Gasteiger partial charge in [0, 0.05) is 24.1 Å². The molecule has 1 aliphatic rings. The normalized spacial score (nSPS) is 13.5. The van der Waals surface area contributed by atoms with Crippen molar-refractivity contribution in [3.63, 3.8) is 0 Å². The van der Waals surface area contributed by atoms with Gasteiger partial charge in [-0.1, -0.05) is 30.3 Å². The lowest BCUT2D eigenvalue weighted by Gasteiger charge is -2.25. The molecule has 132 valence electrons. The van der Waals surface area contributed by atoms with Crippen LogP contribution < -0.4 is 5.73 Å². The van der Waals surface area contributed by atoms with E-state index >= 15 is 0 Å². The zero-order valence-electron chi connectivity index (χ0n) is 14.5. The molecule has 0 saturated heterocycles. The zero-order valence-corrected chi connectivity index (χ0v) is 14.5. The van der Waals surface area contributed by atoms with Crippen molar-refractivity contribution in [3.8, 4) is 11.5 Å². The SMILES string of the molecule is NCCc1ccc(C(=O)N2CCc3oc(-c4ccccc4)nc3C2)cc1. The predicted molar refractivity (Wildman–Crippen MR) is 99.6 cm³/mol. The summed E-state index contributed by atoms with van der Waals surface area (Å²) in [5.41, 5.74) is 9.22. The van der Waals surface area contributed by atoms with Crippen LogP contribution in [0.3, 0.4) is 0 Å². The monoisotopic (exact) mass is 347 g/mol. The molecule has 2 heterocycles. The molecule has 1 amide bonds. The number of fused-ring (bicyclic) bond motifs is 1. The van der Waals surface area contributed by atoms with E-state index in [0.717, 1.165) is 29.0 Å². The fraction of sp³-hybridized carbons (Fsp3) is 0.238. The van der Waals surface area contributed by atoms with E-state index in [-0.39, 0.29) is 5.91 Å². The standard InChI is InChI=1S/C21H21N3O2/c22-12-10-15-6-8-17(9-7-15)21(25)24-13-11-19-18(14-24)23-20(26-19)16-4-2-1-3-5-16/h1-9H,10-14,22H2. The summed E-state index contributed by atoms with van der Waals surface area (Å²) in [6.45, 7) is 1.73. The highest BCUT2D eigenvalue weighted by atomic mass is 16.4. The fourth-order valence-electron chi connectivity index (χ4n) is 3.24. The van der Waals surface area contributed by atoms with Crippen LogP contribution in [0.1, 0.15) is 27.4 Å². The molecule has 0 atom stereocenters. The minimum Gasteiger partial charge on any atom is -0.441 e. The molecule has 2 N–H and O–H groups in total. The van der Waals surface area contributed by atoms with Crippen molar-refractivity contribution in [3.05, 3.63) is 77.2 Å². The largest absolute Gasteiger partial charge is 0.441 e. The van der Waals surface area contributed by atoms with Gasteiger partial charge in [0.05, 0.1) is 6.54 Å². The molecule has 2 aromatic carbocycles. The topological polar surface area (TPSA) is 72.4 Å². The molecule has 0 saturated carbocycles. The van der Waals surface area contributed by atoms with Crippen LogP contribution in [-0.2, 0) is 19.4 Å². The lowest BCUT2D eigenvalue weighted by molar-refractivity contribution is 0.0728. The Morgan fingerprint density at radius 3 is 2.62 bits per heavy atom. The average Bonchev–Trinajstić information content (AvgIpc) is 3.12. The average molecular weight is 347 g/mol. The van der Waals surface area contributed by atoms with Gasteiger partial charge < -0.3 is 15.1 Å². The number of nitrogens with two attached hydrogens (primary N) is 1. The lowest BCUT2D eigenvalue weighted by atomic mass is 10.1. The molecule has 5 nitrogen and oxygen atoms in total. The Morgan fingerprint density at radius 2 is 1.88 bits per heavy atom. The maximum Gasteiger partial charge on any atom is 0.254 e. The molecular weight excluding hydrogens is 326 g/mol. The van der Waals surface area contributed by atoms with E-state index in [1.807, 2.05) is 59.5 Å². The Hall–Kier alpha value is -2.92. The molecule has 5 heteroatoms. The highest BCUT2D eigenvalue weighted by molar-refractivity contribution is 5.94. The van der Waals surface area contributed by atoms with Crippen LogP contribution in [0.15, 0.2) is 59.0 Å². The maximum atomic E-state index is 12.8. The molecule has 0 bridgehead atoms. The van der Waals surface area contributed by atoms with Gasteiger partial charge in [-0.3, -0.25) is 4.79 Å². The smallest absolute Gasteiger partial charge is 0.254 e. The molecular formula is C21H21N3O2. The third-order valence-corrected chi connectivity index (χ3v) is 4.67. The first-order chi connectivity index (χ1) is 12.7. The molecule has 3 aromatic rings. The molecule has 0 unspecified atom stereocenters. The summed E-state index contributed by atoms with van der Waals surface area (Å²) in [6, 6.07) is 17.5. The van der Waals surface area contributed by atoms with Crippen LogP contribution >= 0.6 is 0 Å². The molecule has 0 spiro atoms. The van der Waals surface area contributed by atoms with Crippen molar-refractivity contribution >= 4 is 5.91 Å². The van der Waals surface area contributed by atoms with Crippen LogP contribution in [0.4, 0.5) is 0 Å². The second kappa shape index (κ2) is 7.14. The number of rotatable bonds is 4. The Kier molecular flexibility index (Phi) is 4.54. The van der Waals surface area contributed by atoms with E-state index in [1.54, 1.807) is 0 Å². The van der Waals surface area contributed by atoms with Gasteiger partial charge in [-0.25, -0.2) is 4.98 Å². The third-order valence-electron chi connectivity index (χ3n) is 4.67. The highest BCUT2D eigenvalue weighted by Crippen LogP contribution is 2.26. The van der Waals surface area contributed by atoms with Crippen molar-refractivity contribution in [2.75, 3.05) is 13.1 Å². The summed E-state index contributed by atoms with van der Waals surface area (Å²) in [5, 5.41) is 0. The molecule has 26 heavy (non-hydrogen) atoms. The first kappa shape index (κ1) is 16.5. The van der Waals surface area contributed by atoms with Gasteiger partial charge in [-0.05, 0) is 42.8 Å². The van der Waals surface area contributed by atoms with E-state index in [4.69, 9.17) is 10.2 Å². The summed E-state index contributed by atoms with van der Waals surface area (Å²) in [4.78, 5) is 19.2. The second-order valence-electron chi connectivity index (χ2n) is 6.47. The van der Waals surface area contributed by atoms with Gasteiger partial charge in [-0.2, -0.15) is 0 Å². The molecule has 0 fully saturated rings. The minimum absolute atomic E-state index is 0.0270. The van der Waals surface area contributed by atoms with Crippen LogP contribution in [-0.4, -0.2) is 28.9 Å². The van der Waals surface area contributed by atoms with Crippen LogP contribution in [0.25, 0.3) is 11.5 Å². The van der Waals surface area contributed by atoms with Gasteiger partial charge >= 0.3 is 0 Å². The van der Waals surface area contributed by atoms with Gasteiger partial charge in [0.15, 0.2) is 0 Å². The number of hydrogen-bond acceptors (Lipinski definition) is 4. The number of oxazole rings is 1. The van der Waals surface area contributed by atoms with E-state index in [0.29, 0.717) is 37.5 Å². The molecule has 1 aromatic heterocycles. The second-order valence-corrected chi connectivity index (χ2v) is 6.47. The van der Waals surface area contributed by atoms with Crippen molar-refractivity contribution in [1.82, 2.24) is 9.88 Å². The number of nitrogens with zero attached hydrogens (tertiary/aromatic N) is 2. The Morgan fingerprint density at radius 1 is 1.12 bits per heavy atom. The minimum atomic E-state index is 0.0270. The quantitative estimate of drug-likeness (QED) is 0.787. The number of amides is 1. The molecule has 1 aliphatic heterocycles. The van der Waals surface area contributed by atoms with Crippen molar-refractivity contribution < 1.29 is 9.21 Å². The summed E-state index contributed by atoms with van der Waals surface area (Å²) >= 11 is 0. The predicted octanol–water partition coefficient (Wildman–Crippen LogP) is 3.04. The summed E-state index contributed by atoms with van der Waals surface area (Å²) in [5.74, 6) is 1.53. The first-order valence-corrected chi connectivity index (χ1v) is 8.87. The maximum absolute atomic E-state index is 12.8. The van der Waals surface area contributed by atoms with Gasteiger partial charge in [0.1, 0.15) is 11.5 Å². The molecule has 0 aliphatic carbocycles. The van der Waals surface area contributed by atoms with Crippen LogP contribution in [0.2, 0.25) is 0 Å². The number of aromatic nitrogens is 1. The first-order valence-electron chi connectivity index (χ1n) is 8.87. The number of hydrogen-bond donors (Lipinski definition) is 1. The summed E-state index contributed by atoms with van der Waals surface area (Å²) < 4.78 is 5.91. The molecule has 0 radical (unpaired) electrons. The third kappa shape index (κ3) is 3.26. The highest BCUT2D eigenvalue weighted by Gasteiger charge is 2.26. The lowest BCUT2D eigenvalue weighted by Crippen LogP contribution is -2.35. The zero-order chi connectivity index (χ0) is 17.9. The summed E-state index contributed by atoms with van der Waals surface area (Å²) in [7, 11) is 0. The van der Waals surface area contributed by atoms with Crippen LogP contribution in [0.5, 0.6) is 0 Å². The Bertz CT molecular complexity index is 901. The Labute approximate surface area is 152 Å². The number of carbonyl (C=O) groups excluding carboxylic acids is 1. The van der Waals surface area contributed by atoms with Crippen molar-refractivity contribution in [2.24, 2.45) is 5.73 Å².